The fraction of sp³-hybridized carbons (Fsp3) is 0.750. The third-order valence-electron chi connectivity index (χ3n) is 1.41. The average molecular weight is 488 g/mol. The first-order chi connectivity index (χ1) is 7.66. The van der Waals surface area contributed by atoms with Crippen LogP contribution in [-0.4, -0.2) is 53.3 Å². The molecule has 19 heavy (non-hydrogen) atoms. The van der Waals surface area contributed by atoms with Crippen molar-refractivity contribution in [2.75, 3.05) is 0 Å². The Bertz CT molecular complexity index is 48.2. The Morgan fingerprint density at radius 3 is 0.579 bits per heavy atom. The molecule has 0 aliphatic carbocycles. The molecule has 2 N–H and O–H groups in total. The summed E-state index contributed by atoms with van der Waals surface area (Å²) in [6.07, 6.45) is 9.11. The monoisotopic (exact) mass is 490 g/mol. The van der Waals surface area contributed by atoms with Gasteiger partial charge in [-0.1, -0.05) is 107 Å². The van der Waals surface area contributed by atoms with Gasteiger partial charge in [0.2, 0.25) is 0 Å². The van der Waals surface area contributed by atoms with E-state index in [1.54, 1.807) is 0 Å². The van der Waals surface area contributed by atoms with Crippen molar-refractivity contribution in [1.82, 2.24) is 0 Å². The summed E-state index contributed by atoms with van der Waals surface area (Å²) in [6.45, 7) is 22.9. The SMILES string of the molecule is O.[CH2]CCC.[CH2]CCC.[CH2]CCC.[CH2]CCC.[HH].[HH].[Sn].[Sn]. The standard InChI is InChI=1S/4C4H9.H2O.2Sn.2H2/c4*1-3-4-2;;;;;/h4*1,3-4H2,2H3;1H2;;;2*1H. The van der Waals surface area contributed by atoms with Crippen molar-refractivity contribution in [1.29, 1.82) is 0 Å². The molecule has 0 aromatic heterocycles. The van der Waals surface area contributed by atoms with Crippen LogP contribution < -0.4 is 0 Å². The van der Waals surface area contributed by atoms with Gasteiger partial charge in [-0.05, 0) is 0 Å². The molecule has 0 aliphatic heterocycles. The van der Waals surface area contributed by atoms with Crippen molar-refractivity contribution in [2.45, 2.75) is 79.1 Å². The Morgan fingerprint density at radius 1 is 0.526 bits per heavy atom. The van der Waals surface area contributed by atoms with E-state index in [1.165, 1.54) is 25.7 Å². The van der Waals surface area contributed by atoms with Gasteiger partial charge >= 0.3 is 0 Å². The van der Waals surface area contributed by atoms with Crippen LogP contribution >= 0.6 is 0 Å². The molecule has 120 valence electrons. The molecule has 12 radical (unpaired) electrons. The molecule has 0 bridgehead atoms. The Balaban J connectivity index is -0.0000000121. The fourth-order valence-electron chi connectivity index (χ4n) is 0. The second kappa shape index (κ2) is 73.7. The van der Waals surface area contributed by atoms with Crippen LogP contribution in [0.2, 0.25) is 0 Å². The number of hydrogen-bond donors (Lipinski definition) is 0. The maximum Gasteiger partial charge on any atom is 0 e. The molecule has 0 aromatic rings. The van der Waals surface area contributed by atoms with E-state index in [2.05, 4.69) is 55.4 Å². The largest absolute Gasteiger partial charge is 0.412 e. The molecular weight excluding hydrogens is 446 g/mol. The second-order valence-electron chi connectivity index (χ2n) is 3.41. The first-order valence-electron chi connectivity index (χ1n) is 6.83. The fourth-order valence-corrected chi connectivity index (χ4v) is 0. The van der Waals surface area contributed by atoms with Crippen LogP contribution in [0.5, 0.6) is 0 Å². The number of hydrogen-bond acceptors (Lipinski definition) is 0. The van der Waals surface area contributed by atoms with E-state index in [4.69, 9.17) is 0 Å². The van der Waals surface area contributed by atoms with E-state index in [9.17, 15) is 0 Å². The molecule has 0 rings (SSSR count). The van der Waals surface area contributed by atoms with E-state index in [0.717, 1.165) is 25.7 Å². The predicted molar refractivity (Wildman–Crippen MR) is 100 cm³/mol. The van der Waals surface area contributed by atoms with Crippen molar-refractivity contribution in [3.8, 4) is 0 Å². The Labute approximate surface area is 162 Å². The maximum absolute atomic E-state index is 3.60. The summed E-state index contributed by atoms with van der Waals surface area (Å²) in [5.41, 5.74) is 0. The van der Waals surface area contributed by atoms with Gasteiger partial charge in [-0.2, -0.15) is 0 Å². The van der Waals surface area contributed by atoms with Crippen molar-refractivity contribution >= 4 is 47.8 Å². The smallest absolute Gasteiger partial charge is 0 e. The van der Waals surface area contributed by atoms with Crippen LogP contribution in [0.3, 0.4) is 0 Å². The van der Waals surface area contributed by atoms with Gasteiger partial charge in [0.15, 0.2) is 0 Å². The van der Waals surface area contributed by atoms with Gasteiger partial charge in [0.1, 0.15) is 0 Å². The third-order valence-corrected chi connectivity index (χ3v) is 1.41. The van der Waals surface area contributed by atoms with E-state index >= 15 is 0 Å². The minimum atomic E-state index is 0. The molecule has 0 fully saturated rings. The van der Waals surface area contributed by atoms with Crippen LogP contribution in [0.1, 0.15) is 81.9 Å². The van der Waals surface area contributed by atoms with E-state index in [1.807, 2.05) is 0 Å². The van der Waals surface area contributed by atoms with E-state index in [0.29, 0.717) is 0 Å². The first kappa shape index (κ1) is 42.8. The summed E-state index contributed by atoms with van der Waals surface area (Å²) < 4.78 is 0. The summed E-state index contributed by atoms with van der Waals surface area (Å²) >= 11 is 0. The molecule has 3 heteroatoms. The van der Waals surface area contributed by atoms with Crippen molar-refractivity contribution < 1.29 is 8.33 Å². The van der Waals surface area contributed by atoms with Gasteiger partial charge in [0, 0.05) is 50.7 Å². The van der Waals surface area contributed by atoms with Crippen LogP contribution in [0.4, 0.5) is 0 Å². The Hall–Kier alpha value is 1.56. The van der Waals surface area contributed by atoms with Crippen LogP contribution in [-0.2, 0) is 0 Å². The molecule has 0 spiro atoms. The Morgan fingerprint density at radius 2 is 0.579 bits per heavy atom. The summed E-state index contributed by atoms with van der Waals surface area (Å²) in [4.78, 5) is 0. The minimum Gasteiger partial charge on any atom is -0.412 e. The first-order valence-corrected chi connectivity index (χ1v) is 6.83. The van der Waals surface area contributed by atoms with Gasteiger partial charge in [0.25, 0.3) is 0 Å². The molecule has 1 nitrogen and oxygen atoms in total. The van der Waals surface area contributed by atoms with Crippen LogP contribution in [0.25, 0.3) is 0 Å². The van der Waals surface area contributed by atoms with Crippen LogP contribution in [0.15, 0.2) is 0 Å². The third kappa shape index (κ3) is 195. The second-order valence-corrected chi connectivity index (χ2v) is 3.41. The van der Waals surface area contributed by atoms with Gasteiger partial charge in [0.05, 0.1) is 0 Å². The van der Waals surface area contributed by atoms with Crippen molar-refractivity contribution in [2.24, 2.45) is 0 Å². The molecule has 0 aromatic carbocycles. The van der Waals surface area contributed by atoms with E-state index < -0.39 is 0 Å². The van der Waals surface area contributed by atoms with Crippen molar-refractivity contribution in [3.05, 3.63) is 27.7 Å². The molecule has 0 unspecified atom stereocenters. The summed E-state index contributed by atoms with van der Waals surface area (Å²) in [5.74, 6) is 0. The zero-order chi connectivity index (χ0) is 13.7. The maximum atomic E-state index is 3.60. The molecule has 0 saturated carbocycles. The molecule has 0 aliphatic rings. The topological polar surface area (TPSA) is 31.5 Å². The van der Waals surface area contributed by atoms with Crippen LogP contribution in [0, 0.1) is 27.7 Å². The number of rotatable bonds is 4. The predicted octanol–water partition coefficient (Wildman–Crippen LogP) is 5.39. The average Bonchev–Trinajstić information content (AvgIpc) is 2.39. The normalized spacial score (nSPS) is 6.32. The molecule has 0 amide bonds. The zero-order valence-corrected chi connectivity index (χ0v) is 19.7. The zero-order valence-electron chi connectivity index (χ0n) is 14.0. The summed E-state index contributed by atoms with van der Waals surface area (Å²) in [5, 5.41) is 0. The quantitative estimate of drug-likeness (QED) is 0.476. The van der Waals surface area contributed by atoms with Crippen molar-refractivity contribution in [3.63, 3.8) is 0 Å². The number of unbranched alkanes of at least 4 members (excludes halogenated alkanes) is 4. The summed E-state index contributed by atoms with van der Waals surface area (Å²) in [7, 11) is 0. The van der Waals surface area contributed by atoms with Gasteiger partial charge in [-0.3, -0.25) is 0 Å². The molecule has 0 saturated heterocycles. The van der Waals surface area contributed by atoms with Gasteiger partial charge in [-0.25, -0.2) is 0 Å². The van der Waals surface area contributed by atoms with Gasteiger partial charge < -0.3 is 5.48 Å². The molecule has 0 heterocycles. The van der Waals surface area contributed by atoms with Gasteiger partial charge in [-0.15, -0.1) is 0 Å². The summed E-state index contributed by atoms with van der Waals surface area (Å²) in [6, 6.07) is 0. The Kier molecular flexibility index (Phi) is 166. The molecule has 0 atom stereocenters. The molecular formula is C16H42OSn2. The van der Waals surface area contributed by atoms with E-state index in [-0.39, 0.29) is 56.1 Å². The minimum absolute atomic E-state index is 0.